The molecule has 0 aliphatic rings. The van der Waals surface area contributed by atoms with Gasteiger partial charge in [0.05, 0.1) is 13.1 Å². The lowest BCUT2D eigenvalue weighted by Crippen LogP contribution is -2.28. The first-order valence-electron chi connectivity index (χ1n) is 5.51. The average Bonchev–Trinajstić information content (AvgIpc) is 2.39. The lowest BCUT2D eigenvalue weighted by molar-refractivity contribution is -0.157. The van der Waals surface area contributed by atoms with E-state index in [0.717, 1.165) is 11.1 Å². The Balaban J connectivity index is 2.30. The molecule has 0 fully saturated rings. The Labute approximate surface area is 106 Å². The monoisotopic (exact) mass is 248 g/mol. The molecule has 0 aliphatic carbocycles. The summed E-state index contributed by atoms with van der Waals surface area (Å²) >= 11 is 0. The maximum absolute atomic E-state index is 11.1. The minimum Gasteiger partial charge on any atom is -0.391 e. The molecule has 1 aromatic rings. The highest BCUT2D eigenvalue weighted by atomic mass is 16.6. The van der Waals surface area contributed by atoms with Crippen molar-refractivity contribution in [2.45, 2.75) is 6.54 Å². The minimum atomic E-state index is -0.725. The highest BCUT2D eigenvalue weighted by Gasteiger charge is 2.07. The summed E-state index contributed by atoms with van der Waals surface area (Å²) in [6.45, 7) is 3.85. The number of benzene rings is 1. The van der Waals surface area contributed by atoms with Gasteiger partial charge >= 0.3 is 11.9 Å². The van der Waals surface area contributed by atoms with Crippen LogP contribution in [0.1, 0.15) is 11.1 Å². The van der Waals surface area contributed by atoms with Crippen molar-refractivity contribution < 1.29 is 14.3 Å². The third-order valence-corrected chi connectivity index (χ3v) is 2.21. The molecule has 0 unspecified atom stereocenters. The maximum atomic E-state index is 11.1. The molecule has 0 aliphatic heterocycles. The summed E-state index contributed by atoms with van der Waals surface area (Å²) in [6.07, 6.45) is 1.76. The Bertz CT molecular complexity index is 426. The van der Waals surface area contributed by atoms with Gasteiger partial charge in [0.1, 0.15) is 0 Å². The summed E-state index contributed by atoms with van der Waals surface area (Å²) in [5, 5.41) is 2.87. The molecule has 0 atom stereocenters. The molecule has 5 heteroatoms. The topological polar surface area (TPSA) is 81.4 Å². The molecule has 0 radical (unpaired) electrons. The lowest BCUT2D eigenvalue weighted by atomic mass is 10.1. The van der Waals surface area contributed by atoms with Gasteiger partial charge in [-0.1, -0.05) is 36.9 Å². The van der Waals surface area contributed by atoms with E-state index in [0.29, 0.717) is 6.54 Å². The normalized spacial score (nSPS) is 9.83. The maximum Gasteiger partial charge on any atom is 0.327 e. The van der Waals surface area contributed by atoms with Gasteiger partial charge in [0.15, 0.2) is 0 Å². The second kappa shape index (κ2) is 7.37. The molecule has 0 amide bonds. The first-order chi connectivity index (χ1) is 8.65. The van der Waals surface area contributed by atoms with Crippen molar-refractivity contribution in [3.8, 4) is 0 Å². The summed E-state index contributed by atoms with van der Waals surface area (Å²) in [5.74, 6) is -1.36. The van der Waals surface area contributed by atoms with Crippen LogP contribution in [0.25, 0.3) is 6.08 Å². The van der Waals surface area contributed by atoms with Gasteiger partial charge in [0, 0.05) is 6.54 Å². The van der Waals surface area contributed by atoms with Crippen molar-refractivity contribution in [1.29, 1.82) is 0 Å². The Hall–Kier alpha value is -1.98. The van der Waals surface area contributed by atoms with Gasteiger partial charge in [-0.2, -0.15) is 0 Å². The van der Waals surface area contributed by atoms with Crippen LogP contribution < -0.4 is 11.1 Å². The van der Waals surface area contributed by atoms with E-state index in [4.69, 9.17) is 5.73 Å². The molecule has 0 saturated carbocycles. The largest absolute Gasteiger partial charge is 0.391 e. The number of ether oxygens (including phenoxy) is 1. The van der Waals surface area contributed by atoms with Gasteiger partial charge in [-0.15, -0.1) is 0 Å². The van der Waals surface area contributed by atoms with Crippen LogP contribution in [-0.2, 0) is 20.9 Å². The summed E-state index contributed by atoms with van der Waals surface area (Å²) in [5.41, 5.74) is 7.07. The van der Waals surface area contributed by atoms with E-state index in [-0.39, 0.29) is 13.1 Å². The molecule has 0 spiro atoms. The summed E-state index contributed by atoms with van der Waals surface area (Å²) in [4.78, 5) is 21.8. The molecule has 0 heterocycles. The van der Waals surface area contributed by atoms with Crippen LogP contribution in [0.4, 0.5) is 0 Å². The average molecular weight is 248 g/mol. The molecule has 3 N–H and O–H groups in total. The summed E-state index contributed by atoms with van der Waals surface area (Å²) in [7, 11) is 0. The first kappa shape index (κ1) is 14.1. The van der Waals surface area contributed by atoms with Crippen LogP contribution in [0.3, 0.4) is 0 Å². The van der Waals surface area contributed by atoms with Crippen LogP contribution in [0.2, 0.25) is 0 Å². The molecule has 18 heavy (non-hydrogen) atoms. The summed E-state index contributed by atoms with van der Waals surface area (Å²) < 4.78 is 4.40. The van der Waals surface area contributed by atoms with Gasteiger partial charge in [0.25, 0.3) is 0 Å². The van der Waals surface area contributed by atoms with E-state index in [2.05, 4.69) is 16.6 Å². The molecule has 5 nitrogen and oxygen atoms in total. The highest BCUT2D eigenvalue weighted by molar-refractivity contribution is 5.87. The Morgan fingerprint density at radius 1 is 1.28 bits per heavy atom. The number of carbonyl (C=O) groups excluding carboxylic acids is 2. The molecule has 0 bridgehead atoms. The Morgan fingerprint density at radius 3 is 2.50 bits per heavy atom. The van der Waals surface area contributed by atoms with Crippen molar-refractivity contribution in [3.05, 3.63) is 42.0 Å². The number of hydrogen-bond acceptors (Lipinski definition) is 5. The van der Waals surface area contributed by atoms with E-state index >= 15 is 0 Å². The molecule has 96 valence electrons. The van der Waals surface area contributed by atoms with Gasteiger partial charge in [-0.25, -0.2) is 0 Å². The lowest BCUT2D eigenvalue weighted by Gasteiger charge is -2.04. The van der Waals surface area contributed by atoms with Crippen molar-refractivity contribution >= 4 is 18.0 Å². The zero-order chi connectivity index (χ0) is 13.4. The van der Waals surface area contributed by atoms with Crippen molar-refractivity contribution in [2.24, 2.45) is 5.73 Å². The first-order valence-corrected chi connectivity index (χ1v) is 5.51. The molecular formula is C13H16N2O3. The van der Waals surface area contributed by atoms with Crippen LogP contribution in [0, 0.1) is 0 Å². The predicted molar refractivity (Wildman–Crippen MR) is 68.4 cm³/mol. The smallest absolute Gasteiger partial charge is 0.327 e. The Kier molecular flexibility index (Phi) is 5.76. The van der Waals surface area contributed by atoms with Gasteiger partial charge in [-0.3, -0.25) is 9.59 Å². The van der Waals surface area contributed by atoms with Crippen LogP contribution in [0.15, 0.2) is 30.8 Å². The van der Waals surface area contributed by atoms with Gasteiger partial charge in [0.2, 0.25) is 0 Å². The number of nitrogens with one attached hydrogen (secondary N) is 1. The quantitative estimate of drug-likeness (QED) is 0.564. The fraction of sp³-hybridized carbons (Fsp3) is 0.231. The van der Waals surface area contributed by atoms with Crippen LogP contribution >= 0.6 is 0 Å². The molecule has 0 aromatic heterocycles. The summed E-state index contributed by atoms with van der Waals surface area (Å²) in [6, 6.07) is 7.72. The van der Waals surface area contributed by atoms with Gasteiger partial charge < -0.3 is 15.8 Å². The molecule has 0 saturated heterocycles. The van der Waals surface area contributed by atoms with E-state index in [1.54, 1.807) is 6.08 Å². The molecule has 1 aromatic carbocycles. The van der Waals surface area contributed by atoms with E-state index < -0.39 is 11.9 Å². The third-order valence-electron chi connectivity index (χ3n) is 2.21. The number of rotatable bonds is 6. The van der Waals surface area contributed by atoms with Crippen LogP contribution in [-0.4, -0.2) is 25.0 Å². The number of carbonyl (C=O) groups is 2. The van der Waals surface area contributed by atoms with Crippen LogP contribution in [0.5, 0.6) is 0 Å². The van der Waals surface area contributed by atoms with Gasteiger partial charge in [-0.05, 0) is 11.1 Å². The molecular weight excluding hydrogens is 232 g/mol. The zero-order valence-corrected chi connectivity index (χ0v) is 10.0. The number of esters is 2. The van der Waals surface area contributed by atoms with Crippen molar-refractivity contribution in [2.75, 3.05) is 13.1 Å². The number of hydrogen-bond donors (Lipinski definition) is 2. The van der Waals surface area contributed by atoms with Crippen molar-refractivity contribution in [3.63, 3.8) is 0 Å². The predicted octanol–water partition coefficient (Wildman–Crippen LogP) is 0.448. The standard InChI is InChI=1S/C13H16N2O3/c1-2-10-3-5-11(6-4-10)8-15-9-13(17)18-12(16)7-14/h2-6,15H,1,7-9,14H2. The highest BCUT2D eigenvalue weighted by Crippen LogP contribution is 2.04. The van der Waals surface area contributed by atoms with E-state index in [1.807, 2.05) is 24.3 Å². The third kappa shape index (κ3) is 4.90. The second-order valence-corrected chi connectivity index (χ2v) is 3.60. The van der Waals surface area contributed by atoms with E-state index in [9.17, 15) is 9.59 Å². The Morgan fingerprint density at radius 2 is 1.94 bits per heavy atom. The molecule has 1 rings (SSSR count). The zero-order valence-electron chi connectivity index (χ0n) is 10.0. The fourth-order valence-corrected chi connectivity index (χ4v) is 1.29. The SMILES string of the molecule is C=Cc1ccc(CNCC(=O)OC(=O)CN)cc1. The fourth-order valence-electron chi connectivity index (χ4n) is 1.29. The second-order valence-electron chi connectivity index (χ2n) is 3.60. The number of nitrogens with two attached hydrogens (primary N) is 1. The van der Waals surface area contributed by atoms with E-state index in [1.165, 1.54) is 0 Å². The van der Waals surface area contributed by atoms with Crippen molar-refractivity contribution in [1.82, 2.24) is 5.32 Å². The minimum absolute atomic E-state index is 0.0328.